The third-order valence-corrected chi connectivity index (χ3v) is 5.54. The van der Waals surface area contributed by atoms with Gasteiger partial charge < -0.3 is 5.32 Å². The second kappa shape index (κ2) is 8.07. The maximum atomic E-state index is 12.6. The molecule has 144 valence electrons. The number of carbonyl (C=O) groups is 1. The number of likely N-dealkylation sites (tertiary alicyclic amines) is 1. The van der Waals surface area contributed by atoms with Crippen molar-refractivity contribution in [3.8, 4) is 11.3 Å². The molecule has 1 aromatic heterocycles. The van der Waals surface area contributed by atoms with Crippen molar-refractivity contribution in [3.63, 3.8) is 0 Å². The van der Waals surface area contributed by atoms with Crippen LogP contribution in [0.25, 0.3) is 22.2 Å². The zero-order chi connectivity index (χ0) is 19.5. The highest BCUT2D eigenvalue weighted by molar-refractivity contribution is 5.96. The number of nitrogens with one attached hydrogen (secondary N) is 1. The summed E-state index contributed by atoms with van der Waals surface area (Å²) in [4.78, 5) is 24.1. The first-order valence-corrected chi connectivity index (χ1v) is 10.0. The van der Waals surface area contributed by atoms with Crippen molar-refractivity contribution in [2.24, 2.45) is 0 Å². The van der Waals surface area contributed by atoms with E-state index in [1.807, 2.05) is 55.5 Å². The normalized spacial score (nSPS) is 17.1. The average molecular weight is 374 g/mol. The summed E-state index contributed by atoms with van der Waals surface area (Å²) in [6.45, 7) is 6.97. The number of amides is 1. The molecule has 5 heteroatoms. The van der Waals surface area contributed by atoms with Crippen LogP contribution < -0.4 is 5.32 Å². The summed E-state index contributed by atoms with van der Waals surface area (Å²) in [5.41, 5.74) is 3.51. The van der Waals surface area contributed by atoms with Crippen LogP contribution in [0.4, 0.5) is 0 Å². The lowest BCUT2D eigenvalue weighted by Gasteiger charge is -2.22. The largest absolute Gasteiger partial charge is 0.350 e. The molecule has 2 heterocycles. The molecule has 1 unspecified atom stereocenters. The van der Waals surface area contributed by atoms with Crippen LogP contribution in [-0.2, 0) is 0 Å². The molecule has 28 heavy (non-hydrogen) atoms. The Hall–Kier alpha value is -2.79. The number of nitrogens with zero attached hydrogens (tertiary/aromatic N) is 3. The highest BCUT2D eigenvalue weighted by Crippen LogP contribution is 2.26. The van der Waals surface area contributed by atoms with Crippen LogP contribution in [-0.4, -0.2) is 46.5 Å². The van der Waals surface area contributed by atoms with Crippen molar-refractivity contribution in [1.82, 2.24) is 20.2 Å². The van der Waals surface area contributed by atoms with Crippen LogP contribution in [0, 0.1) is 6.92 Å². The number of aromatic nitrogens is 2. The highest BCUT2D eigenvalue weighted by Gasteiger charge is 2.23. The molecule has 1 aliphatic heterocycles. The molecule has 1 fully saturated rings. The fourth-order valence-electron chi connectivity index (χ4n) is 4.05. The quantitative estimate of drug-likeness (QED) is 0.738. The Morgan fingerprint density at radius 2 is 1.93 bits per heavy atom. The lowest BCUT2D eigenvalue weighted by molar-refractivity contribution is 0.0941. The van der Waals surface area contributed by atoms with Gasteiger partial charge in [-0.1, -0.05) is 37.3 Å². The Balaban J connectivity index is 1.51. The Morgan fingerprint density at radius 3 is 2.71 bits per heavy atom. The summed E-state index contributed by atoms with van der Waals surface area (Å²) in [6, 6.07) is 16.2. The van der Waals surface area contributed by atoms with Gasteiger partial charge in [-0.15, -0.1) is 0 Å². The van der Waals surface area contributed by atoms with E-state index in [1.54, 1.807) is 0 Å². The van der Waals surface area contributed by atoms with E-state index in [0.29, 0.717) is 18.2 Å². The molecule has 1 aliphatic rings. The summed E-state index contributed by atoms with van der Waals surface area (Å²) in [7, 11) is 0. The highest BCUT2D eigenvalue weighted by atomic mass is 16.1. The molecule has 4 rings (SSSR count). The molecule has 1 N–H and O–H groups in total. The summed E-state index contributed by atoms with van der Waals surface area (Å²) >= 11 is 0. The molecule has 1 saturated heterocycles. The van der Waals surface area contributed by atoms with Gasteiger partial charge in [0, 0.05) is 29.1 Å². The lowest BCUT2D eigenvalue weighted by Crippen LogP contribution is -2.40. The number of benzene rings is 2. The Bertz CT molecular complexity index is 984. The molecule has 3 aromatic rings. The van der Waals surface area contributed by atoms with E-state index in [2.05, 4.69) is 27.1 Å². The lowest BCUT2D eigenvalue weighted by atomic mass is 10.0. The number of hydrogen-bond donors (Lipinski definition) is 1. The van der Waals surface area contributed by atoms with E-state index >= 15 is 0 Å². The van der Waals surface area contributed by atoms with Gasteiger partial charge in [0.15, 0.2) is 0 Å². The molecule has 1 amide bonds. The number of hydrogen-bond acceptors (Lipinski definition) is 4. The third-order valence-electron chi connectivity index (χ3n) is 5.54. The van der Waals surface area contributed by atoms with E-state index in [9.17, 15) is 4.79 Å². The van der Waals surface area contributed by atoms with Gasteiger partial charge in [-0.25, -0.2) is 9.97 Å². The van der Waals surface area contributed by atoms with Crippen molar-refractivity contribution in [1.29, 1.82) is 0 Å². The van der Waals surface area contributed by atoms with Crippen LogP contribution in [0.2, 0.25) is 0 Å². The minimum Gasteiger partial charge on any atom is -0.350 e. The van der Waals surface area contributed by atoms with Crippen molar-refractivity contribution < 1.29 is 4.79 Å². The first-order valence-electron chi connectivity index (χ1n) is 10.0. The molecule has 2 aromatic carbocycles. The molecule has 0 aliphatic carbocycles. The number of likely N-dealkylation sites (N-methyl/N-ethyl adjacent to an activating group) is 1. The third kappa shape index (κ3) is 3.76. The van der Waals surface area contributed by atoms with Crippen molar-refractivity contribution in [2.75, 3.05) is 19.6 Å². The average Bonchev–Trinajstić information content (AvgIpc) is 3.19. The van der Waals surface area contributed by atoms with Crippen LogP contribution in [0.1, 0.15) is 35.9 Å². The van der Waals surface area contributed by atoms with Crippen molar-refractivity contribution in [2.45, 2.75) is 32.7 Å². The fourth-order valence-corrected chi connectivity index (χ4v) is 4.05. The van der Waals surface area contributed by atoms with E-state index in [4.69, 9.17) is 0 Å². The van der Waals surface area contributed by atoms with Gasteiger partial charge in [0.1, 0.15) is 5.82 Å². The zero-order valence-corrected chi connectivity index (χ0v) is 16.5. The second-order valence-corrected chi connectivity index (χ2v) is 7.35. The van der Waals surface area contributed by atoms with Gasteiger partial charge in [0.25, 0.3) is 5.91 Å². The molecule has 0 radical (unpaired) electrons. The van der Waals surface area contributed by atoms with Crippen molar-refractivity contribution in [3.05, 3.63) is 59.9 Å². The van der Waals surface area contributed by atoms with Gasteiger partial charge in [-0.05, 0) is 51.1 Å². The number of aryl methyl sites for hydroxylation is 1. The molecule has 0 bridgehead atoms. The van der Waals surface area contributed by atoms with Gasteiger partial charge in [-0.3, -0.25) is 9.69 Å². The van der Waals surface area contributed by atoms with Crippen LogP contribution in [0.3, 0.4) is 0 Å². The van der Waals surface area contributed by atoms with Gasteiger partial charge in [-0.2, -0.15) is 0 Å². The summed E-state index contributed by atoms with van der Waals surface area (Å²) < 4.78 is 0. The number of rotatable bonds is 5. The molecule has 1 atom stereocenters. The van der Waals surface area contributed by atoms with E-state index in [-0.39, 0.29) is 5.91 Å². The Labute approximate surface area is 165 Å². The standard InChI is InChI=1S/C23H26N4O/c1-3-27-14-6-7-19(27)15-24-23(28)18-12-10-17(11-13-18)22-20-8-4-5-9-21(20)25-16(2)26-22/h4-5,8-13,19H,3,6-7,14-15H2,1-2H3,(H,24,28). The predicted molar refractivity (Wildman–Crippen MR) is 112 cm³/mol. The van der Waals surface area contributed by atoms with Gasteiger partial charge in [0.2, 0.25) is 0 Å². The van der Waals surface area contributed by atoms with Crippen LogP contribution in [0.15, 0.2) is 48.5 Å². The molecule has 0 saturated carbocycles. The van der Waals surface area contributed by atoms with E-state index in [0.717, 1.165) is 47.5 Å². The molecule has 0 spiro atoms. The maximum absolute atomic E-state index is 12.6. The molecular weight excluding hydrogens is 348 g/mol. The number of fused-ring (bicyclic) bond motifs is 1. The molecular formula is C23H26N4O. The summed E-state index contributed by atoms with van der Waals surface area (Å²) in [5.74, 6) is 0.728. The monoisotopic (exact) mass is 374 g/mol. The SMILES string of the molecule is CCN1CCCC1CNC(=O)c1ccc(-c2nc(C)nc3ccccc23)cc1. The first-order chi connectivity index (χ1) is 13.7. The summed E-state index contributed by atoms with van der Waals surface area (Å²) in [6.07, 6.45) is 2.38. The number of carbonyl (C=O) groups excluding carboxylic acids is 1. The second-order valence-electron chi connectivity index (χ2n) is 7.35. The summed E-state index contributed by atoms with van der Waals surface area (Å²) in [5, 5.41) is 4.12. The smallest absolute Gasteiger partial charge is 0.251 e. The Kier molecular flexibility index (Phi) is 5.35. The van der Waals surface area contributed by atoms with Gasteiger partial charge >= 0.3 is 0 Å². The van der Waals surface area contributed by atoms with Crippen LogP contribution in [0.5, 0.6) is 0 Å². The van der Waals surface area contributed by atoms with Crippen molar-refractivity contribution >= 4 is 16.8 Å². The zero-order valence-electron chi connectivity index (χ0n) is 16.5. The first kappa shape index (κ1) is 18.6. The fraction of sp³-hybridized carbons (Fsp3) is 0.348. The molecule has 5 nitrogen and oxygen atoms in total. The number of para-hydroxylation sites is 1. The van der Waals surface area contributed by atoms with E-state index < -0.39 is 0 Å². The van der Waals surface area contributed by atoms with Gasteiger partial charge in [0.05, 0.1) is 11.2 Å². The van der Waals surface area contributed by atoms with Crippen LogP contribution >= 0.6 is 0 Å². The minimum atomic E-state index is -0.0155. The maximum Gasteiger partial charge on any atom is 0.251 e. The van der Waals surface area contributed by atoms with E-state index in [1.165, 1.54) is 6.42 Å². The Morgan fingerprint density at radius 1 is 1.14 bits per heavy atom. The topological polar surface area (TPSA) is 58.1 Å². The predicted octanol–water partition coefficient (Wildman–Crippen LogP) is 3.82. The minimum absolute atomic E-state index is 0.0155.